The molecule has 1 atom stereocenters. The molecule has 0 saturated carbocycles. The summed E-state index contributed by atoms with van der Waals surface area (Å²) in [6, 6.07) is 12.3. The maximum Gasteiger partial charge on any atom is 0.224 e. The summed E-state index contributed by atoms with van der Waals surface area (Å²) in [5.41, 5.74) is 5.26. The van der Waals surface area contributed by atoms with Gasteiger partial charge < -0.3 is 14.5 Å². The van der Waals surface area contributed by atoms with E-state index in [-0.39, 0.29) is 11.9 Å². The van der Waals surface area contributed by atoms with E-state index in [1.165, 1.54) is 18.4 Å². The molecule has 1 aliphatic rings. The van der Waals surface area contributed by atoms with Gasteiger partial charge in [-0.05, 0) is 57.0 Å². The number of likely N-dealkylation sites (tertiary alicyclic amines) is 1. The summed E-state index contributed by atoms with van der Waals surface area (Å²) in [5, 5.41) is 4.18. The first-order valence-electron chi connectivity index (χ1n) is 10.7. The van der Waals surface area contributed by atoms with Crippen LogP contribution in [-0.4, -0.2) is 37.6 Å². The molecule has 1 saturated heterocycles. The highest BCUT2D eigenvalue weighted by Crippen LogP contribution is 2.31. The molecule has 30 heavy (non-hydrogen) atoms. The summed E-state index contributed by atoms with van der Waals surface area (Å²) in [6.45, 7) is 6.78. The quantitative estimate of drug-likeness (QED) is 0.625. The van der Waals surface area contributed by atoms with Gasteiger partial charge in [0.15, 0.2) is 0 Å². The monoisotopic (exact) mass is 406 g/mol. The number of aryl methyl sites for hydroxylation is 2. The van der Waals surface area contributed by atoms with Crippen molar-refractivity contribution in [3.8, 4) is 5.75 Å². The van der Waals surface area contributed by atoms with E-state index < -0.39 is 0 Å². The summed E-state index contributed by atoms with van der Waals surface area (Å²) >= 11 is 0. The normalized spacial score (nSPS) is 15.4. The van der Waals surface area contributed by atoms with Gasteiger partial charge in [0.2, 0.25) is 5.91 Å². The van der Waals surface area contributed by atoms with Gasteiger partial charge in [-0.2, -0.15) is 0 Å². The van der Waals surface area contributed by atoms with Crippen molar-refractivity contribution in [3.63, 3.8) is 0 Å². The Morgan fingerprint density at radius 3 is 2.70 bits per heavy atom. The van der Waals surface area contributed by atoms with Gasteiger partial charge in [0, 0.05) is 23.1 Å². The number of hydrogen-bond acceptors (Lipinski definition) is 4. The van der Waals surface area contributed by atoms with E-state index in [9.17, 15) is 4.79 Å². The van der Waals surface area contributed by atoms with Crippen molar-refractivity contribution in [3.05, 3.63) is 64.9 Å². The van der Waals surface area contributed by atoms with Gasteiger partial charge in [-0.15, -0.1) is 0 Å². The van der Waals surface area contributed by atoms with Crippen LogP contribution in [0.3, 0.4) is 0 Å². The zero-order chi connectivity index (χ0) is 21.1. The third-order valence-corrected chi connectivity index (χ3v) is 6.26. The molecule has 2 heterocycles. The molecule has 1 aliphatic heterocycles. The minimum atomic E-state index is 0.00928. The summed E-state index contributed by atoms with van der Waals surface area (Å²) < 4.78 is 11.4. The van der Waals surface area contributed by atoms with Gasteiger partial charge in [0.05, 0.1) is 25.8 Å². The third kappa shape index (κ3) is 4.08. The van der Waals surface area contributed by atoms with Crippen LogP contribution in [0.1, 0.15) is 41.1 Å². The molecule has 1 N–H and O–H groups in total. The van der Waals surface area contributed by atoms with Crippen LogP contribution in [0, 0.1) is 13.8 Å². The molecule has 4 rings (SSSR count). The van der Waals surface area contributed by atoms with Gasteiger partial charge in [-0.25, -0.2) is 0 Å². The Labute approximate surface area is 178 Å². The van der Waals surface area contributed by atoms with E-state index in [2.05, 4.69) is 36.2 Å². The van der Waals surface area contributed by atoms with E-state index in [4.69, 9.17) is 9.15 Å². The van der Waals surface area contributed by atoms with Crippen molar-refractivity contribution < 1.29 is 13.9 Å². The van der Waals surface area contributed by atoms with Crippen molar-refractivity contribution in [2.75, 3.05) is 26.7 Å². The van der Waals surface area contributed by atoms with Crippen LogP contribution >= 0.6 is 0 Å². The average molecular weight is 407 g/mol. The average Bonchev–Trinajstić information content (AvgIpc) is 3.42. The fourth-order valence-corrected chi connectivity index (χ4v) is 4.40. The number of furan rings is 1. The van der Waals surface area contributed by atoms with Crippen LogP contribution in [0.2, 0.25) is 0 Å². The second kappa shape index (κ2) is 8.92. The minimum absolute atomic E-state index is 0.00928. The first-order chi connectivity index (χ1) is 14.6. The molecule has 0 spiro atoms. The summed E-state index contributed by atoms with van der Waals surface area (Å²) in [5.74, 6) is 0.880. The van der Waals surface area contributed by atoms with Gasteiger partial charge in [0.1, 0.15) is 11.3 Å². The SMILES string of the molecule is COc1ccccc1C(CNC(=O)Cc1coc2c(C)c(C)ccc12)N1CCCC1. The molecule has 5 heteroatoms. The Hall–Kier alpha value is -2.79. The van der Waals surface area contributed by atoms with Gasteiger partial charge in [-0.3, -0.25) is 9.69 Å². The highest BCUT2D eigenvalue weighted by atomic mass is 16.5. The van der Waals surface area contributed by atoms with Crippen LogP contribution in [0.15, 0.2) is 47.1 Å². The minimum Gasteiger partial charge on any atom is -0.496 e. The number of para-hydroxylation sites is 1. The number of amides is 1. The van der Waals surface area contributed by atoms with Crippen molar-refractivity contribution in [2.45, 2.75) is 39.2 Å². The lowest BCUT2D eigenvalue weighted by Crippen LogP contribution is -2.37. The van der Waals surface area contributed by atoms with E-state index in [0.29, 0.717) is 13.0 Å². The maximum atomic E-state index is 12.8. The van der Waals surface area contributed by atoms with E-state index in [1.54, 1.807) is 13.4 Å². The fraction of sp³-hybridized carbons (Fsp3) is 0.400. The standard InChI is InChI=1S/C25H30N2O3/c1-17-10-11-20-19(16-30-25(20)18(17)2)14-24(28)26-15-22(27-12-6-7-13-27)21-8-4-5-9-23(21)29-3/h4-5,8-11,16,22H,6-7,12-15H2,1-3H3,(H,26,28). The topological polar surface area (TPSA) is 54.7 Å². The summed E-state index contributed by atoms with van der Waals surface area (Å²) in [6.07, 6.45) is 4.42. The number of nitrogens with zero attached hydrogens (tertiary/aromatic N) is 1. The van der Waals surface area contributed by atoms with Crippen LogP contribution in [0.4, 0.5) is 0 Å². The molecule has 0 bridgehead atoms. The van der Waals surface area contributed by atoms with Crippen LogP contribution in [0.5, 0.6) is 5.75 Å². The van der Waals surface area contributed by atoms with Gasteiger partial charge in [0.25, 0.3) is 0 Å². The van der Waals surface area contributed by atoms with Gasteiger partial charge >= 0.3 is 0 Å². The largest absolute Gasteiger partial charge is 0.496 e. The highest BCUT2D eigenvalue weighted by Gasteiger charge is 2.26. The smallest absolute Gasteiger partial charge is 0.224 e. The maximum absolute atomic E-state index is 12.8. The first-order valence-corrected chi connectivity index (χ1v) is 10.7. The first kappa shape index (κ1) is 20.5. The Kier molecular flexibility index (Phi) is 6.09. The van der Waals surface area contributed by atoms with Crippen molar-refractivity contribution in [1.82, 2.24) is 10.2 Å². The lowest BCUT2D eigenvalue weighted by molar-refractivity contribution is -0.120. The van der Waals surface area contributed by atoms with E-state index in [0.717, 1.165) is 46.5 Å². The molecular formula is C25H30N2O3. The van der Waals surface area contributed by atoms with Crippen molar-refractivity contribution in [1.29, 1.82) is 0 Å². The lowest BCUT2D eigenvalue weighted by Gasteiger charge is -2.29. The zero-order valence-corrected chi connectivity index (χ0v) is 18.0. The Morgan fingerprint density at radius 2 is 1.93 bits per heavy atom. The predicted octanol–water partition coefficient (Wildman–Crippen LogP) is 4.55. The zero-order valence-electron chi connectivity index (χ0n) is 18.0. The molecule has 0 radical (unpaired) electrons. The molecule has 1 unspecified atom stereocenters. The van der Waals surface area contributed by atoms with Crippen molar-refractivity contribution in [2.24, 2.45) is 0 Å². The molecular weight excluding hydrogens is 376 g/mol. The number of methoxy groups -OCH3 is 1. The molecule has 5 nitrogen and oxygen atoms in total. The summed E-state index contributed by atoms with van der Waals surface area (Å²) in [7, 11) is 1.70. The van der Waals surface area contributed by atoms with E-state index in [1.807, 2.05) is 24.3 Å². The van der Waals surface area contributed by atoms with Crippen LogP contribution in [0.25, 0.3) is 11.0 Å². The molecule has 1 amide bonds. The number of ether oxygens (including phenoxy) is 1. The van der Waals surface area contributed by atoms with E-state index >= 15 is 0 Å². The second-order valence-corrected chi connectivity index (χ2v) is 8.13. The van der Waals surface area contributed by atoms with Crippen LogP contribution in [-0.2, 0) is 11.2 Å². The lowest BCUT2D eigenvalue weighted by atomic mass is 10.0. The summed E-state index contributed by atoms with van der Waals surface area (Å²) in [4.78, 5) is 15.3. The molecule has 1 aromatic heterocycles. The number of carbonyl (C=O) groups excluding carboxylic acids is 1. The number of fused-ring (bicyclic) bond motifs is 1. The molecule has 2 aromatic carbocycles. The number of benzene rings is 2. The molecule has 0 aliphatic carbocycles. The predicted molar refractivity (Wildman–Crippen MR) is 119 cm³/mol. The Morgan fingerprint density at radius 1 is 1.17 bits per heavy atom. The van der Waals surface area contributed by atoms with Crippen molar-refractivity contribution >= 4 is 16.9 Å². The number of rotatable bonds is 7. The molecule has 158 valence electrons. The second-order valence-electron chi connectivity index (χ2n) is 8.13. The van der Waals surface area contributed by atoms with Crippen LogP contribution < -0.4 is 10.1 Å². The molecule has 3 aromatic rings. The third-order valence-electron chi connectivity index (χ3n) is 6.26. The Bertz CT molecular complexity index is 1030. The number of nitrogens with one attached hydrogen (secondary N) is 1. The Balaban J connectivity index is 1.48. The number of hydrogen-bond donors (Lipinski definition) is 1. The van der Waals surface area contributed by atoms with Gasteiger partial charge in [-0.1, -0.05) is 30.3 Å². The highest BCUT2D eigenvalue weighted by molar-refractivity contribution is 5.89. The fourth-order valence-electron chi connectivity index (χ4n) is 4.40. The molecule has 1 fully saturated rings. The number of carbonyl (C=O) groups is 1.